The minimum absolute atomic E-state index is 0.0984. The maximum Gasteiger partial charge on any atom is 0.344 e. The van der Waals surface area contributed by atoms with Crippen LogP contribution in [0, 0.1) is 17.8 Å². The predicted octanol–water partition coefficient (Wildman–Crippen LogP) is 19.3. The Morgan fingerprint density at radius 1 is 0.369 bits per heavy atom. The molecule has 0 unspecified atom stereocenters. The van der Waals surface area contributed by atoms with E-state index in [1.54, 1.807) is 36.4 Å². The summed E-state index contributed by atoms with van der Waals surface area (Å²) in [5, 5.41) is 0. The lowest BCUT2D eigenvalue weighted by atomic mass is 9.77. The van der Waals surface area contributed by atoms with Crippen LogP contribution in [0.25, 0.3) is 0 Å². The van der Waals surface area contributed by atoms with Crippen molar-refractivity contribution in [2.75, 3.05) is 0 Å². The van der Waals surface area contributed by atoms with Gasteiger partial charge >= 0.3 is 36.3 Å². The van der Waals surface area contributed by atoms with Gasteiger partial charge in [-0.05, 0) is 166 Å². The Bertz CT molecular complexity index is 1880. The van der Waals surface area contributed by atoms with Crippen LogP contribution in [0.5, 0.6) is 17.2 Å². The second-order valence-electron chi connectivity index (χ2n) is 17.8. The molecular weight excluding hydrogens is 856 g/mol. The topological polar surface area (TPSA) is 27.7 Å². The lowest BCUT2D eigenvalue weighted by molar-refractivity contribution is 0.241. The molecule has 0 amide bonds. The van der Waals surface area contributed by atoms with Gasteiger partial charge in [-0.1, -0.05) is 109 Å². The fourth-order valence-corrected chi connectivity index (χ4v) is 9.50. The number of rotatable bonds is 17. The molecule has 3 aromatic carbocycles. The van der Waals surface area contributed by atoms with Crippen LogP contribution < -0.4 is 14.2 Å². The highest BCUT2D eigenvalue weighted by molar-refractivity contribution is 5.32. The number of hydrogen-bond donors (Lipinski definition) is 0. The van der Waals surface area contributed by atoms with Crippen molar-refractivity contribution in [1.82, 2.24) is 0 Å². The minimum atomic E-state index is -2.44. The van der Waals surface area contributed by atoms with Crippen LogP contribution in [-0.2, 0) is 0 Å². The fourth-order valence-electron chi connectivity index (χ4n) is 9.50. The summed E-state index contributed by atoms with van der Waals surface area (Å²) in [5.41, 5.74) is 3.55. The van der Waals surface area contributed by atoms with Crippen molar-refractivity contribution in [2.45, 2.75) is 167 Å². The molecule has 0 saturated heterocycles. The van der Waals surface area contributed by atoms with E-state index in [2.05, 4.69) is 35.0 Å². The Morgan fingerprint density at radius 3 is 0.908 bits per heavy atom. The van der Waals surface area contributed by atoms with Crippen molar-refractivity contribution < 1.29 is 53.7 Å². The summed E-state index contributed by atoms with van der Waals surface area (Å²) in [6, 6.07) is 15.0. The molecule has 3 saturated carbocycles. The van der Waals surface area contributed by atoms with Gasteiger partial charge < -0.3 is 14.2 Å². The lowest BCUT2D eigenvalue weighted by Gasteiger charge is -2.29. The Balaban J connectivity index is 0.000000214. The molecule has 0 radical (unpaired) electrons. The van der Waals surface area contributed by atoms with E-state index in [4.69, 9.17) is 0 Å². The molecule has 0 spiro atoms. The summed E-state index contributed by atoms with van der Waals surface area (Å²) in [7, 11) is 0. The van der Waals surface area contributed by atoms with Gasteiger partial charge in [-0.2, -0.15) is 39.5 Å². The molecule has 3 aliphatic rings. The first-order chi connectivity index (χ1) is 31.3. The Morgan fingerprint density at radius 2 is 0.646 bits per heavy atom. The van der Waals surface area contributed by atoms with E-state index >= 15 is 0 Å². The third-order valence-corrected chi connectivity index (χ3v) is 13.4. The molecular formula is C53H67F9O3. The summed E-state index contributed by atoms with van der Waals surface area (Å²) in [5.74, 6) is 4.40. The summed E-state index contributed by atoms with van der Waals surface area (Å²) in [6.45, 7) is 6.68. The number of halogens is 9. The standard InChI is InChI=1S/C19H25F3O.C18H23F3O.C16H19F3O/c1-2-3-4-5-14-6-8-15(9-7-14)16-10-12-17(13-11-16)23-19(22)18(20)21;1-2-3-4-13-5-7-14(8-6-13)15-9-11-16(12-10-15)22-18(21)17(19)20;1-2-11-3-5-12(6-4-11)13-7-9-14(10-8-13)20-16(19)15(17)18/h10-15H,2-9H2,1H3;9-14H,2-8H2,1H3;7-12H,2-6H2,1H3. The zero-order chi connectivity index (χ0) is 47.1. The molecule has 65 heavy (non-hydrogen) atoms. The van der Waals surface area contributed by atoms with Gasteiger partial charge in [-0.25, -0.2) is 0 Å². The van der Waals surface area contributed by atoms with Crippen LogP contribution in [-0.4, -0.2) is 0 Å². The van der Waals surface area contributed by atoms with Crippen molar-refractivity contribution in [3.8, 4) is 17.2 Å². The van der Waals surface area contributed by atoms with E-state index in [9.17, 15) is 39.5 Å². The third-order valence-electron chi connectivity index (χ3n) is 13.4. The second-order valence-corrected chi connectivity index (χ2v) is 17.8. The first-order valence-corrected chi connectivity index (χ1v) is 23.8. The first kappa shape index (κ1) is 53.3. The maximum atomic E-state index is 12.7. The van der Waals surface area contributed by atoms with E-state index in [1.807, 2.05) is 36.4 Å². The Kier molecular flexibility index (Phi) is 23.5. The smallest absolute Gasteiger partial charge is 0.344 e. The Labute approximate surface area is 380 Å². The zero-order valence-electron chi connectivity index (χ0n) is 38.2. The van der Waals surface area contributed by atoms with Gasteiger partial charge in [0.25, 0.3) is 0 Å². The average molecular weight is 923 g/mol. The van der Waals surface area contributed by atoms with Crippen LogP contribution in [0.2, 0.25) is 0 Å². The molecule has 360 valence electrons. The highest BCUT2D eigenvalue weighted by Gasteiger charge is 2.24. The van der Waals surface area contributed by atoms with Crippen LogP contribution >= 0.6 is 0 Å². The van der Waals surface area contributed by atoms with Gasteiger partial charge in [0.1, 0.15) is 17.2 Å². The SMILES string of the molecule is CCC1CCC(c2ccc(OC(F)=C(F)F)cc2)CC1.CCCCC1CCC(c2ccc(OC(F)=C(F)F)cc2)CC1.CCCCCC1CCC(c2ccc(OC(F)=C(F)F)cc2)CC1. The van der Waals surface area contributed by atoms with Gasteiger partial charge in [-0.3, -0.25) is 0 Å². The number of ether oxygens (including phenoxy) is 3. The number of unbranched alkanes of at least 4 members (excludes halogenated alkanes) is 3. The number of hydrogen-bond acceptors (Lipinski definition) is 3. The quantitative estimate of drug-likeness (QED) is 0.0767. The summed E-state index contributed by atoms with van der Waals surface area (Å²) >= 11 is 0. The molecule has 0 aliphatic heterocycles. The van der Waals surface area contributed by atoms with E-state index in [1.165, 1.54) is 132 Å². The van der Waals surface area contributed by atoms with Crippen molar-refractivity contribution >= 4 is 0 Å². The zero-order valence-corrected chi connectivity index (χ0v) is 38.2. The predicted molar refractivity (Wildman–Crippen MR) is 240 cm³/mol. The Hall–Kier alpha value is -4.35. The largest absolute Gasteiger partial charge is 0.428 e. The molecule has 3 fully saturated rings. The van der Waals surface area contributed by atoms with Gasteiger partial charge in [0.15, 0.2) is 0 Å². The highest BCUT2D eigenvalue weighted by atomic mass is 19.3. The first-order valence-electron chi connectivity index (χ1n) is 23.8. The monoisotopic (exact) mass is 922 g/mol. The summed E-state index contributed by atoms with van der Waals surface area (Å²) < 4.78 is 123. The summed E-state index contributed by atoms with van der Waals surface area (Å²) in [4.78, 5) is 0. The van der Waals surface area contributed by atoms with Crippen molar-refractivity contribution in [3.63, 3.8) is 0 Å². The summed E-state index contributed by atoms with van der Waals surface area (Å²) in [6.07, 6.45) is 17.6. The van der Waals surface area contributed by atoms with Crippen LogP contribution in [0.1, 0.15) is 184 Å². The highest BCUT2D eigenvalue weighted by Crippen LogP contribution is 2.40. The van der Waals surface area contributed by atoms with Gasteiger partial charge in [0.05, 0.1) is 0 Å². The van der Waals surface area contributed by atoms with E-state index in [0.29, 0.717) is 17.8 Å². The van der Waals surface area contributed by atoms with Crippen molar-refractivity contribution in [3.05, 3.63) is 126 Å². The van der Waals surface area contributed by atoms with E-state index in [-0.39, 0.29) is 17.2 Å². The lowest BCUT2D eigenvalue weighted by Crippen LogP contribution is -2.13. The molecule has 3 nitrogen and oxygen atoms in total. The third kappa shape index (κ3) is 18.8. The average Bonchev–Trinajstić information content (AvgIpc) is 3.32. The van der Waals surface area contributed by atoms with Crippen LogP contribution in [0.4, 0.5) is 39.5 Å². The van der Waals surface area contributed by atoms with Gasteiger partial charge in [-0.15, -0.1) is 0 Å². The molecule has 0 N–H and O–H groups in total. The molecule has 6 rings (SSSR count). The van der Waals surface area contributed by atoms with Crippen molar-refractivity contribution in [1.29, 1.82) is 0 Å². The second kappa shape index (κ2) is 28.6. The molecule has 12 heteroatoms. The van der Waals surface area contributed by atoms with Gasteiger partial charge in [0.2, 0.25) is 0 Å². The minimum Gasteiger partial charge on any atom is -0.428 e. The van der Waals surface area contributed by atoms with Crippen molar-refractivity contribution in [2.24, 2.45) is 17.8 Å². The molecule has 0 heterocycles. The van der Waals surface area contributed by atoms with E-state index < -0.39 is 36.3 Å². The molecule has 3 aromatic rings. The molecule has 0 atom stereocenters. The molecule has 3 aliphatic carbocycles. The number of benzene rings is 3. The molecule has 0 bridgehead atoms. The van der Waals surface area contributed by atoms with Crippen LogP contribution in [0.15, 0.2) is 109 Å². The molecule has 0 aromatic heterocycles. The fraction of sp³-hybridized carbons (Fsp3) is 0.547. The van der Waals surface area contributed by atoms with Crippen LogP contribution in [0.3, 0.4) is 0 Å². The van der Waals surface area contributed by atoms with E-state index in [0.717, 1.165) is 30.6 Å². The van der Waals surface area contributed by atoms with Gasteiger partial charge in [0, 0.05) is 0 Å². The maximum absolute atomic E-state index is 12.7. The normalized spacial score (nSPS) is 21.6.